The van der Waals surface area contributed by atoms with Crippen LogP contribution in [0.2, 0.25) is 0 Å². The van der Waals surface area contributed by atoms with Gasteiger partial charge in [0, 0.05) is 18.1 Å². The summed E-state index contributed by atoms with van der Waals surface area (Å²) < 4.78 is 0. The highest BCUT2D eigenvalue weighted by Gasteiger charge is 2.45. The van der Waals surface area contributed by atoms with E-state index in [-0.39, 0.29) is 5.54 Å². The first kappa shape index (κ1) is 10.6. The van der Waals surface area contributed by atoms with E-state index in [2.05, 4.69) is 23.3 Å². The second-order valence-corrected chi connectivity index (χ2v) is 5.91. The number of nitrogens with one attached hydrogen (secondary N) is 1. The van der Waals surface area contributed by atoms with E-state index in [9.17, 15) is 5.26 Å². The molecule has 3 nitrogen and oxygen atoms in total. The predicted molar refractivity (Wildman–Crippen MR) is 62.9 cm³/mol. The van der Waals surface area contributed by atoms with Gasteiger partial charge in [0.2, 0.25) is 0 Å². The molecule has 3 saturated carbocycles. The number of nitrogens with zero attached hydrogens (tertiary/aromatic N) is 2. The summed E-state index contributed by atoms with van der Waals surface area (Å²) in [5.74, 6) is 0. The van der Waals surface area contributed by atoms with E-state index in [1.54, 1.807) is 0 Å². The van der Waals surface area contributed by atoms with Gasteiger partial charge in [0.15, 0.2) is 0 Å². The third-order valence-electron chi connectivity index (χ3n) is 4.46. The molecular formula is C13H21N3. The quantitative estimate of drug-likeness (QED) is 0.781. The molecule has 2 unspecified atom stereocenters. The largest absolute Gasteiger partial charge is 0.300 e. The molecule has 3 aliphatic rings. The zero-order chi connectivity index (χ0) is 11.2. The third kappa shape index (κ3) is 1.97. The average molecular weight is 219 g/mol. The Labute approximate surface area is 97.8 Å². The van der Waals surface area contributed by atoms with Gasteiger partial charge in [0.25, 0.3) is 0 Å². The van der Waals surface area contributed by atoms with Gasteiger partial charge < -0.3 is 4.90 Å². The second kappa shape index (κ2) is 3.72. The summed E-state index contributed by atoms with van der Waals surface area (Å²) in [6.07, 6.45) is 8.54. The van der Waals surface area contributed by atoms with Crippen molar-refractivity contribution in [1.29, 1.82) is 5.26 Å². The van der Waals surface area contributed by atoms with Crippen molar-refractivity contribution in [3.63, 3.8) is 0 Å². The standard InChI is InChI=1S/C13H21N3/c1-16(11-4-5-11)12-6-7-13(8-12,9-14)15-10-2-3-10/h10-12,15H,2-8H2,1H3. The lowest BCUT2D eigenvalue weighted by molar-refractivity contribution is 0.226. The number of hydrogen-bond acceptors (Lipinski definition) is 3. The van der Waals surface area contributed by atoms with Crippen molar-refractivity contribution in [3.8, 4) is 6.07 Å². The summed E-state index contributed by atoms with van der Waals surface area (Å²) in [6.45, 7) is 0. The maximum Gasteiger partial charge on any atom is 0.108 e. The molecule has 0 aromatic rings. The molecule has 3 aliphatic carbocycles. The molecule has 0 aromatic carbocycles. The molecule has 0 aromatic heterocycles. The Hall–Kier alpha value is -0.590. The normalized spacial score (nSPS) is 38.9. The first-order valence-corrected chi connectivity index (χ1v) is 6.63. The zero-order valence-corrected chi connectivity index (χ0v) is 10.1. The Balaban J connectivity index is 1.62. The molecule has 2 atom stereocenters. The summed E-state index contributed by atoms with van der Waals surface area (Å²) in [6, 6.07) is 4.66. The molecule has 16 heavy (non-hydrogen) atoms. The molecule has 88 valence electrons. The lowest BCUT2D eigenvalue weighted by atomic mass is 9.99. The minimum absolute atomic E-state index is 0.199. The smallest absolute Gasteiger partial charge is 0.108 e. The van der Waals surface area contributed by atoms with Gasteiger partial charge in [-0.25, -0.2) is 0 Å². The van der Waals surface area contributed by atoms with Crippen LogP contribution in [0.1, 0.15) is 44.9 Å². The van der Waals surface area contributed by atoms with Gasteiger partial charge in [-0.3, -0.25) is 5.32 Å². The lowest BCUT2D eigenvalue weighted by Crippen LogP contribution is -2.44. The third-order valence-corrected chi connectivity index (χ3v) is 4.46. The van der Waals surface area contributed by atoms with Crippen molar-refractivity contribution < 1.29 is 0 Å². The molecule has 0 saturated heterocycles. The van der Waals surface area contributed by atoms with Crippen LogP contribution in [0.3, 0.4) is 0 Å². The maximum absolute atomic E-state index is 9.42. The maximum atomic E-state index is 9.42. The lowest BCUT2D eigenvalue weighted by Gasteiger charge is -2.27. The fourth-order valence-corrected chi connectivity index (χ4v) is 3.03. The van der Waals surface area contributed by atoms with Crippen LogP contribution in [0.5, 0.6) is 0 Å². The SMILES string of the molecule is CN(C1CC1)C1CCC(C#N)(NC2CC2)C1. The molecule has 3 rings (SSSR count). The van der Waals surface area contributed by atoms with Crippen molar-refractivity contribution in [2.45, 2.75) is 68.6 Å². The van der Waals surface area contributed by atoms with Gasteiger partial charge in [-0.1, -0.05) is 0 Å². The molecule has 0 bridgehead atoms. The molecule has 0 amide bonds. The monoisotopic (exact) mass is 219 g/mol. The van der Waals surface area contributed by atoms with Gasteiger partial charge in [0.1, 0.15) is 5.54 Å². The van der Waals surface area contributed by atoms with Crippen molar-refractivity contribution in [2.24, 2.45) is 0 Å². The minimum atomic E-state index is -0.199. The van der Waals surface area contributed by atoms with E-state index in [0.29, 0.717) is 12.1 Å². The van der Waals surface area contributed by atoms with Crippen LogP contribution in [0, 0.1) is 11.3 Å². The van der Waals surface area contributed by atoms with Gasteiger partial charge >= 0.3 is 0 Å². The van der Waals surface area contributed by atoms with E-state index in [4.69, 9.17) is 0 Å². The summed E-state index contributed by atoms with van der Waals surface area (Å²) in [5, 5.41) is 13.0. The predicted octanol–water partition coefficient (Wildman–Crippen LogP) is 1.65. The van der Waals surface area contributed by atoms with Crippen molar-refractivity contribution in [2.75, 3.05) is 7.05 Å². The fraction of sp³-hybridized carbons (Fsp3) is 0.923. The molecule has 3 fully saturated rings. The van der Waals surface area contributed by atoms with Crippen LogP contribution in [-0.4, -0.2) is 35.6 Å². The number of nitriles is 1. The second-order valence-electron chi connectivity index (χ2n) is 5.91. The molecule has 0 heterocycles. The molecule has 0 spiro atoms. The Morgan fingerprint density at radius 3 is 2.50 bits per heavy atom. The Morgan fingerprint density at radius 1 is 1.19 bits per heavy atom. The van der Waals surface area contributed by atoms with Crippen LogP contribution >= 0.6 is 0 Å². The van der Waals surface area contributed by atoms with Crippen molar-refractivity contribution in [3.05, 3.63) is 0 Å². The van der Waals surface area contributed by atoms with Gasteiger partial charge in [-0.2, -0.15) is 5.26 Å². The van der Waals surface area contributed by atoms with Crippen molar-refractivity contribution >= 4 is 0 Å². The van der Waals surface area contributed by atoms with Crippen LogP contribution in [-0.2, 0) is 0 Å². The summed E-state index contributed by atoms with van der Waals surface area (Å²) in [5.41, 5.74) is -0.199. The highest BCUT2D eigenvalue weighted by molar-refractivity contribution is 5.15. The van der Waals surface area contributed by atoms with E-state index in [0.717, 1.165) is 18.9 Å². The Kier molecular flexibility index (Phi) is 2.45. The van der Waals surface area contributed by atoms with Gasteiger partial charge in [-0.05, 0) is 52.0 Å². The summed E-state index contributed by atoms with van der Waals surface area (Å²) in [7, 11) is 2.24. The topological polar surface area (TPSA) is 39.1 Å². The summed E-state index contributed by atoms with van der Waals surface area (Å²) >= 11 is 0. The molecule has 1 N–H and O–H groups in total. The van der Waals surface area contributed by atoms with E-state index >= 15 is 0 Å². The molecule has 0 aliphatic heterocycles. The van der Waals surface area contributed by atoms with E-state index in [1.165, 1.54) is 32.1 Å². The highest BCUT2D eigenvalue weighted by atomic mass is 15.2. The molecule has 3 heteroatoms. The Morgan fingerprint density at radius 2 is 1.94 bits per heavy atom. The first-order chi connectivity index (χ1) is 7.72. The van der Waals surface area contributed by atoms with E-state index < -0.39 is 0 Å². The van der Waals surface area contributed by atoms with Gasteiger partial charge in [0.05, 0.1) is 6.07 Å². The summed E-state index contributed by atoms with van der Waals surface area (Å²) in [4.78, 5) is 2.52. The van der Waals surface area contributed by atoms with Crippen LogP contribution < -0.4 is 5.32 Å². The van der Waals surface area contributed by atoms with Gasteiger partial charge in [-0.15, -0.1) is 0 Å². The Bertz CT molecular complexity index is 314. The first-order valence-electron chi connectivity index (χ1n) is 6.63. The van der Waals surface area contributed by atoms with Crippen molar-refractivity contribution in [1.82, 2.24) is 10.2 Å². The van der Waals surface area contributed by atoms with Crippen LogP contribution in [0.4, 0.5) is 0 Å². The highest BCUT2D eigenvalue weighted by Crippen LogP contribution is 2.39. The average Bonchev–Trinajstić information content (AvgIpc) is 3.17. The number of rotatable bonds is 4. The fourth-order valence-electron chi connectivity index (χ4n) is 3.03. The molecule has 0 radical (unpaired) electrons. The van der Waals surface area contributed by atoms with E-state index in [1.807, 2.05) is 0 Å². The number of hydrogen-bond donors (Lipinski definition) is 1. The zero-order valence-electron chi connectivity index (χ0n) is 10.1. The molecular weight excluding hydrogens is 198 g/mol. The minimum Gasteiger partial charge on any atom is -0.300 e. The van der Waals surface area contributed by atoms with Crippen LogP contribution in [0.25, 0.3) is 0 Å². The van der Waals surface area contributed by atoms with Crippen LogP contribution in [0.15, 0.2) is 0 Å².